The lowest BCUT2D eigenvalue weighted by molar-refractivity contribution is 0.0115. The van der Waals surface area contributed by atoms with Crippen LogP contribution in [0.5, 0.6) is 0 Å². The number of halogens is 3. The van der Waals surface area contributed by atoms with E-state index in [0.29, 0.717) is 12.2 Å². The van der Waals surface area contributed by atoms with Crippen LogP contribution in [0, 0.1) is 6.92 Å². The molecule has 0 saturated heterocycles. The molecule has 0 aliphatic heterocycles. The number of carbonyl (C=O) groups is 1. The van der Waals surface area contributed by atoms with Crippen LogP contribution in [0.1, 0.15) is 28.8 Å². The van der Waals surface area contributed by atoms with Crippen molar-refractivity contribution in [2.45, 2.75) is 26.2 Å². The van der Waals surface area contributed by atoms with E-state index in [4.69, 9.17) is 10.2 Å². The van der Waals surface area contributed by atoms with Crippen LogP contribution in [0.3, 0.4) is 0 Å². The van der Waals surface area contributed by atoms with Crippen LogP contribution in [0.25, 0.3) is 0 Å². The van der Waals surface area contributed by atoms with Gasteiger partial charge in [-0.25, -0.2) is 8.78 Å². The molecule has 0 aromatic carbocycles. The van der Waals surface area contributed by atoms with E-state index < -0.39 is 24.9 Å². The molecule has 4 nitrogen and oxygen atoms in total. The van der Waals surface area contributed by atoms with Crippen LogP contribution in [0.2, 0.25) is 0 Å². The molecule has 1 aromatic rings. The summed E-state index contributed by atoms with van der Waals surface area (Å²) in [5.41, 5.74) is 5.69. The second-order valence-corrected chi connectivity index (χ2v) is 3.81. The number of carbonyl (C=O) groups excluding carboxylic acids is 1. The molecule has 0 radical (unpaired) electrons. The Labute approximate surface area is 110 Å². The number of alkyl halides is 2. The molecule has 0 fully saturated rings. The summed E-state index contributed by atoms with van der Waals surface area (Å²) in [6.07, 6.45) is 0.651. The lowest BCUT2D eigenvalue weighted by Crippen LogP contribution is -2.41. The fourth-order valence-corrected chi connectivity index (χ4v) is 1.35. The monoisotopic (exact) mass is 282 g/mol. The maximum Gasteiger partial charge on any atom is 0.287 e. The molecule has 0 spiro atoms. The van der Waals surface area contributed by atoms with Crippen molar-refractivity contribution in [3.63, 3.8) is 0 Å². The molecular formula is C11H17ClF2N2O2. The highest BCUT2D eigenvalue weighted by Gasteiger charge is 2.28. The molecule has 1 heterocycles. The summed E-state index contributed by atoms with van der Waals surface area (Å²) in [5.74, 6) is -3.01. The van der Waals surface area contributed by atoms with Crippen LogP contribution in [0.15, 0.2) is 10.5 Å². The number of aryl methyl sites for hydroxylation is 2. The van der Waals surface area contributed by atoms with Crippen molar-refractivity contribution in [2.24, 2.45) is 5.73 Å². The van der Waals surface area contributed by atoms with Crippen LogP contribution >= 0.6 is 12.4 Å². The molecule has 0 atom stereocenters. The quantitative estimate of drug-likeness (QED) is 0.867. The number of hydrogen-bond donors (Lipinski definition) is 2. The van der Waals surface area contributed by atoms with Crippen molar-refractivity contribution in [1.82, 2.24) is 5.32 Å². The minimum Gasteiger partial charge on any atom is -0.456 e. The molecule has 18 heavy (non-hydrogen) atoms. The number of nitrogens with one attached hydrogen (secondary N) is 1. The lowest BCUT2D eigenvalue weighted by atomic mass is 10.2. The van der Waals surface area contributed by atoms with Crippen molar-refractivity contribution in [3.05, 3.63) is 23.2 Å². The Kier molecular flexibility index (Phi) is 6.28. The van der Waals surface area contributed by atoms with Gasteiger partial charge in [-0.15, -0.1) is 12.4 Å². The van der Waals surface area contributed by atoms with Gasteiger partial charge in [0.2, 0.25) is 0 Å². The Bertz CT molecular complexity index is 408. The fraction of sp³-hybridized carbons (Fsp3) is 0.545. The van der Waals surface area contributed by atoms with E-state index in [2.05, 4.69) is 5.32 Å². The topological polar surface area (TPSA) is 68.3 Å². The summed E-state index contributed by atoms with van der Waals surface area (Å²) in [6.45, 7) is 2.10. The number of amides is 1. The van der Waals surface area contributed by atoms with Crippen LogP contribution in [-0.2, 0) is 6.42 Å². The first-order valence-electron chi connectivity index (χ1n) is 5.35. The number of furan rings is 1. The second-order valence-electron chi connectivity index (χ2n) is 3.81. The van der Waals surface area contributed by atoms with Gasteiger partial charge in [0, 0.05) is 6.42 Å². The Morgan fingerprint density at radius 3 is 2.61 bits per heavy atom. The third-order valence-corrected chi connectivity index (χ3v) is 2.37. The van der Waals surface area contributed by atoms with Gasteiger partial charge in [0.05, 0.1) is 13.1 Å². The van der Waals surface area contributed by atoms with Crippen molar-refractivity contribution < 1.29 is 18.0 Å². The average Bonchev–Trinajstić information content (AvgIpc) is 2.67. The highest BCUT2D eigenvalue weighted by atomic mass is 35.5. The molecule has 3 N–H and O–H groups in total. The Balaban J connectivity index is 0.00000289. The molecule has 1 rings (SSSR count). The Hall–Kier alpha value is -1.14. The van der Waals surface area contributed by atoms with E-state index in [1.807, 2.05) is 6.92 Å². The molecule has 7 heteroatoms. The SMILES string of the molecule is CCc1oc(C(=O)NCC(F)(F)CN)cc1C.Cl. The van der Waals surface area contributed by atoms with Crippen molar-refractivity contribution in [3.8, 4) is 0 Å². The van der Waals surface area contributed by atoms with E-state index in [9.17, 15) is 13.6 Å². The van der Waals surface area contributed by atoms with Crippen LogP contribution in [-0.4, -0.2) is 24.9 Å². The molecule has 0 aliphatic rings. The molecule has 1 amide bonds. The fourth-order valence-electron chi connectivity index (χ4n) is 1.35. The minimum atomic E-state index is -3.09. The van der Waals surface area contributed by atoms with Gasteiger partial charge in [0.1, 0.15) is 5.76 Å². The largest absolute Gasteiger partial charge is 0.456 e. The zero-order valence-corrected chi connectivity index (χ0v) is 11.1. The zero-order chi connectivity index (χ0) is 13.1. The molecule has 0 unspecified atom stereocenters. The second kappa shape index (κ2) is 6.70. The number of hydrogen-bond acceptors (Lipinski definition) is 3. The van der Waals surface area contributed by atoms with Gasteiger partial charge in [-0.05, 0) is 18.6 Å². The smallest absolute Gasteiger partial charge is 0.287 e. The third kappa shape index (κ3) is 4.27. The van der Waals surface area contributed by atoms with E-state index in [1.54, 1.807) is 6.92 Å². The summed E-state index contributed by atoms with van der Waals surface area (Å²) < 4.78 is 30.9. The summed E-state index contributed by atoms with van der Waals surface area (Å²) in [4.78, 5) is 11.5. The first-order valence-corrected chi connectivity index (χ1v) is 5.35. The molecule has 1 aromatic heterocycles. The summed E-state index contributed by atoms with van der Waals surface area (Å²) in [7, 11) is 0. The maximum atomic E-state index is 12.8. The Morgan fingerprint density at radius 2 is 2.17 bits per heavy atom. The molecule has 0 bridgehead atoms. The summed E-state index contributed by atoms with van der Waals surface area (Å²) in [6, 6.07) is 1.54. The minimum absolute atomic E-state index is 0. The zero-order valence-electron chi connectivity index (χ0n) is 10.3. The predicted octanol–water partition coefficient (Wildman–Crippen LogP) is 1.90. The lowest BCUT2D eigenvalue weighted by Gasteiger charge is -2.13. The Morgan fingerprint density at radius 1 is 1.56 bits per heavy atom. The van der Waals surface area contributed by atoms with Gasteiger partial charge in [-0.2, -0.15) is 0 Å². The highest BCUT2D eigenvalue weighted by molar-refractivity contribution is 5.91. The average molecular weight is 283 g/mol. The standard InChI is InChI=1S/C11H16F2N2O2.ClH/c1-3-8-7(2)4-9(17-8)10(16)15-6-11(12,13)5-14;/h4H,3,5-6,14H2,1-2H3,(H,15,16);1H. The van der Waals surface area contributed by atoms with Gasteiger partial charge >= 0.3 is 0 Å². The summed E-state index contributed by atoms with van der Waals surface area (Å²) in [5, 5.41) is 2.09. The first kappa shape index (κ1) is 16.9. The van der Waals surface area contributed by atoms with E-state index >= 15 is 0 Å². The van der Waals surface area contributed by atoms with E-state index in [0.717, 1.165) is 5.56 Å². The van der Waals surface area contributed by atoms with Crippen LogP contribution in [0.4, 0.5) is 8.78 Å². The molecule has 0 aliphatic carbocycles. The van der Waals surface area contributed by atoms with Crippen molar-refractivity contribution in [1.29, 1.82) is 0 Å². The van der Waals surface area contributed by atoms with Crippen LogP contribution < -0.4 is 11.1 Å². The highest BCUT2D eigenvalue weighted by Crippen LogP contribution is 2.15. The number of nitrogens with two attached hydrogens (primary N) is 1. The van der Waals surface area contributed by atoms with Gasteiger partial charge in [-0.1, -0.05) is 6.92 Å². The first-order chi connectivity index (χ1) is 7.89. The van der Waals surface area contributed by atoms with Gasteiger partial charge in [-0.3, -0.25) is 4.79 Å². The molecular weight excluding hydrogens is 266 g/mol. The molecule has 104 valence electrons. The summed E-state index contributed by atoms with van der Waals surface area (Å²) >= 11 is 0. The molecule has 0 saturated carbocycles. The third-order valence-electron chi connectivity index (χ3n) is 2.37. The van der Waals surface area contributed by atoms with Crippen molar-refractivity contribution in [2.75, 3.05) is 13.1 Å². The van der Waals surface area contributed by atoms with Gasteiger partial charge in [0.25, 0.3) is 11.8 Å². The van der Waals surface area contributed by atoms with E-state index in [-0.39, 0.29) is 18.2 Å². The maximum absolute atomic E-state index is 12.8. The van der Waals surface area contributed by atoms with Gasteiger partial charge < -0.3 is 15.5 Å². The van der Waals surface area contributed by atoms with E-state index in [1.165, 1.54) is 6.07 Å². The number of rotatable bonds is 5. The van der Waals surface area contributed by atoms with Gasteiger partial charge in [0.15, 0.2) is 5.76 Å². The van der Waals surface area contributed by atoms with Crippen molar-refractivity contribution >= 4 is 18.3 Å². The normalized spacial score (nSPS) is 10.9. The predicted molar refractivity (Wildman–Crippen MR) is 66.4 cm³/mol.